The number of nitrogens with zero attached hydrogens (tertiary/aromatic N) is 2. The molecule has 1 atom stereocenters. The van der Waals surface area contributed by atoms with Gasteiger partial charge in [0.1, 0.15) is 12.4 Å². The number of piperidine rings is 1. The molecule has 3 heteroatoms. The van der Waals surface area contributed by atoms with Crippen molar-refractivity contribution in [3.8, 4) is 0 Å². The van der Waals surface area contributed by atoms with Crippen LogP contribution in [0, 0.1) is 0 Å². The fourth-order valence-electron chi connectivity index (χ4n) is 1.22. The Morgan fingerprint density at radius 2 is 2.67 bits per heavy atom. The summed E-state index contributed by atoms with van der Waals surface area (Å²) in [6, 6.07) is 0.374. The Morgan fingerprint density at radius 3 is 3.56 bits per heavy atom. The lowest BCUT2D eigenvalue weighted by molar-refractivity contribution is 0.626. The monoisotopic (exact) mass is 123 g/mol. The van der Waals surface area contributed by atoms with Gasteiger partial charge in [0.2, 0.25) is 0 Å². The van der Waals surface area contributed by atoms with E-state index < -0.39 is 0 Å². The Labute approximate surface area is 53.9 Å². The predicted molar refractivity (Wildman–Crippen MR) is 37.2 cm³/mol. The summed E-state index contributed by atoms with van der Waals surface area (Å²) in [5, 5.41) is 3.26. The maximum absolute atomic E-state index is 4.17. The first kappa shape index (κ1) is 5.11. The minimum Gasteiger partial charge on any atom is -0.314 e. The summed E-state index contributed by atoms with van der Waals surface area (Å²) in [5.41, 5.74) is 1.26. The Balaban J connectivity index is 2.16. The van der Waals surface area contributed by atoms with Crippen molar-refractivity contribution in [1.82, 2.24) is 5.32 Å². The van der Waals surface area contributed by atoms with Crippen LogP contribution in [-0.2, 0) is 0 Å². The van der Waals surface area contributed by atoms with Crippen molar-refractivity contribution in [3.05, 3.63) is 0 Å². The molecule has 0 radical (unpaired) electrons. The molecule has 2 aliphatic rings. The molecule has 1 saturated heterocycles. The summed E-state index contributed by atoms with van der Waals surface area (Å²) in [6.07, 6.45) is 2.75. The molecule has 0 aromatic rings. The van der Waals surface area contributed by atoms with E-state index in [0.29, 0.717) is 6.04 Å². The molecule has 0 aromatic heterocycles. The van der Waals surface area contributed by atoms with Gasteiger partial charge in [0.05, 0.1) is 0 Å². The molecule has 0 unspecified atom stereocenters. The number of hydrogen-bond acceptors (Lipinski definition) is 3. The zero-order valence-corrected chi connectivity index (χ0v) is 5.17. The summed E-state index contributed by atoms with van der Waals surface area (Å²) >= 11 is 0. The van der Waals surface area contributed by atoms with Crippen molar-refractivity contribution in [3.63, 3.8) is 0 Å². The zero-order valence-electron chi connectivity index (χ0n) is 5.17. The van der Waals surface area contributed by atoms with E-state index in [1.165, 1.54) is 5.71 Å². The molecule has 0 aromatic carbocycles. The Hall–Kier alpha value is -0.700. The predicted octanol–water partition coefficient (Wildman–Crippen LogP) is -0.169. The van der Waals surface area contributed by atoms with Crippen LogP contribution < -0.4 is 5.32 Å². The van der Waals surface area contributed by atoms with Crippen molar-refractivity contribution in [1.29, 1.82) is 0 Å². The van der Waals surface area contributed by atoms with Crippen LogP contribution in [0.25, 0.3) is 0 Å². The van der Waals surface area contributed by atoms with Crippen LogP contribution in [0.2, 0.25) is 0 Å². The average molecular weight is 123 g/mol. The van der Waals surface area contributed by atoms with Gasteiger partial charge in [-0.05, 0) is 0 Å². The van der Waals surface area contributed by atoms with Crippen LogP contribution in [0.5, 0.6) is 0 Å². The Bertz CT molecular complexity index is 171. The van der Waals surface area contributed by atoms with Gasteiger partial charge in [-0.15, -0.1) is 0 Å². The van der Waals surface area contributed by atoms with Gasteiger partial charge in [-0.2, -0.15) is 0 Å². The van der Waals surface area contributed by atoms with Crippen LogP contribution in [0.15, 0.2) is 9.98 Å². The van der Waals surface area contributed by atoms with Crippen LogP contribution in [0.1, 0.15) is 6.42 Å². The zero-order chi connectivity index (χ0) is 6.10. The van der Waals surface area contributed by atoms with Gasteiger partial charge in [-0.3, -0.25) is 4.99 Å². The number of fused-ring (bicyclic) bond motifs is 1. The number of rotatable bonds is 0. The van der Waals surface area contributed by atoms with Gasteiger partial charge in [0.15, 0.2) is 0 Å². The second-order valence-corrected chi connectivity index (χ2v) is 2.35. The molecular weight excluding hydrogens is 114 g/mol. The third-order valence-electron chi connectivity index (χ3n) is 1.75. The lowest BCUT2D eigenvalue weighted by Gasteiger charge is -2.17. The molecule has 0 saturated carbocycles. The highest BCUT2D eigenvalue weighted by Crippen LogP contribution is 2.07. The summed E-state index contributed by atoms with van der Waals surface area (Å²) < 4.78 is 0. The maximum Gasteiger partial charge on any atom is 0.110 e. The van der Waals surface area contributed by atoms with E-state index >= 15 is 0 Å². The number of hydrogen-bond donors (Lipinski definition) is 1. The fourth-order valence-corrected chi connectivity index (χ4v) is 1.22. The minimum absolute atomic E-state index is 0.374. The van der Waals surface area contributed by atoms with E-state index in [1.54, 1.807) is 6.34 Å². The third-order valence-corrected chi connectivity index (χ3v) is 1.75. The first-order valence-corrected chi connectivity index (χ1v) is 3.26. The van der Waals surface area contributed by atoms with E-state index in [-0.39, 0.29) is 0 Å². The normalized spacial score (nSPS) is 32.0. The number of aliphatic imine (C=N–C) groups is 2. The second-order valence-electron chi connectivity index (χ2n) is 2.35. The van der Waals surface area contributed by atoms with Gasteiger partial charge in [-0.25, -0.2) is 4.99 Å². The van der Waals surface area contributed by atoms with Crippen molar-refractivity contribution in [2.75, 3.05) is 13.1 Å². The standard InChI is InChI=1S/C6H9N3/c1-2-7-3-6-5(1)8-4-9-6/h4,6-7H,1-3H2/t6-/m1/s1. The van der Waals surface area contributed by atoms with E-state index in [4.69, 9.17) is 0 Å². The lowest BCUT2D eigenvalue weighted by atomic mass is 10.1. The highest BCUT2D eigenvalue weighted by Gasteiger charge is 2.20. The van der Waals surface area contributed by atoms with E-state index in [9.17, 15) is 0 Å². The van der Waals surface area contributed by atoms with E-state index in [0.717, 1.165) is 19.5 Å². The van der Waals surface area contributed by atoms with Crippen LogP contribution in [0.3, 0.4) is 0 Å². The van der Waals surface area contributed by atoms with E-state index in [2.05, 4.69) is 15.3 Å². The molecule has 3 nitrogen and oxygen atoms in total. The number of nitrogens with one attached hydrogen (secondary N) is 1. The van der Waals surface area contributed by atoms with E-state index in [1.807, 2.05) is 0 Å². The fraction of sp³-hybridized carbons (Fsp3) is 0.667. The molecule has 9 heavy (non-hydrogen) atoms. The smallest absolute Gasteiger partial charge is 0.110 e. The van der Waals surface area contributed by atoms with Gasteiger partial charge in [0.25, 0.3) is 0 Å². The Morgan fingerprint density at radius 1 is 1.67 bits per heavy atom. The molecule has 0 bridgehead atoms. The molecule has 0 amide bonds. The lowest BCUT2D eigenvalue weighted by Crippen LogP contribution is -2.38. The molecule has 48 valence electrons. The van der Waals surface area contributed by atoms with Crippen molar-refractivity contribution in [2.24, 2.45) is 9.98 Å². The molecule has 2 rings (SSSR count). The van der Waals surface area contributed by atoms with Gasteiger partial charge < -0.3 is 5.32 Å². The summed E-state index contributed by atoms with van der Waals surface area (Å²) in [6.45, 7) is 2.05. The van der Waals surface area contributed by atoms with Crippen LogP contribution in [-0.4, -0.2) is 31.2 Å². The quantitative estimate of drug-likeness (QED) is 0.477. The van der Waals surface area contributed by atoms with Gasteiger partial charge >= 0.3 is 0 Å². The second kappa shape index (κ2) is 1.92. The SMILES string of the molecule is C1=N[C@@H]2CNCCC2=N1. The maximum atomic E-state index is 4.17. The molecule has 2 aliphatic heterocycles. The van der Waals surface area contributed by atoms with Crippen molar-refractivity contribution in [2.45, 2.75) is 12.5 Å². The average Bonchev–Trinajstić information content (AvgIpc) is 2.33. The molecule has 2 heterocycles. The van der Waals surface area contributed by atoms with Gasteiger partial charge in [-0.1, -0.05) is 0 Å². The summed E-state index contributed by atoms with van der Waals surface area (Å²) in [4.78, 5) is 8.31. The van der Waals surface area contributed by atoms with Crippen LogP contribution >= 0.6 is 0 Å². The Kier molecular flexibility index (Phi) is 1.09. The third kappa shape index (κ3) is 0.772. The molecule has 1 N–H and O–H groups in total. The molecule has 0 aliphatic carbocycles. The van der Waals surface area contributed by atoms with Gasteiger partial charge in [0, 0.05) is 25.2 Å². The molecule has 1 fully saturated rings. The summed E-state index contributed by atoms with van der Waals surface area (Å²) in [7, 11) is 0. The minimum atomic E-state index is 0.374. The largest absolute Gasteiger partial charge is 0.314 e. The molecule has 0 spiro atoms. The van der Waals surface area contributed by atoms with Crippen molar-refractivity contribution >= 4 is 12.1 Å². The summed E-state index contributed by atoms with van der Waals surface area (Å²) in [5.74, 6) is 0. The first-order valence-electron chi connectivity index (χ1n) is 3.26. The first-order chi connectivity index (χ1) is 4.47. The van der Waals surface area contributed by atoms with Crippen LogP contribution in [0.4, 0.5) is 0 Å². The topological polar surface area (TPSA) is 36.8 Å². The van der Waals surface area contributed by atoms with Crippen molar-refractivity contribution < 1.29 is 0 Å². The highest BCUT2D eigenvalue weighted by molar-refractivity contribution is 5.99. The highest BCUT2D eigenvalue weighted by atomic mass is 15.0. The molecular formula is C6H9N3.